The average Bonchev–Trinajstić information content (AvgIpc) is 2.32. The fourth-order valence-corrected chi connectivity index (χ4v) is 3.11. The van der Waals surface area contributed by atoms with E-state index in [0.29, 0.717) is 5.56 Å². The maximum atomic E-state index is 9.39. The molecule has 4 nitrogen and oxygen atoms in total. The van der Waals surface area contributed by atoms with Crippen LogP contribution in [0.4, 0.5) is 5.69 Å². The van der Waals surface area contributed by atoms with E-state index in [9.17, 15) is 5.26 Å². The predicted molar refractivity (Wildman–Crippen MR) is 82.0 cm³/mol. The number of nitrogens with zero attached hydrogens (tertiary/aromatic N) is 4. The van der Waals surface area contributed by atoms with Gasteiger partial charge in [-0.3, -0.25) is 4.98 Å². The zero-order chi connectivity index (χ0) is 14.9. The molecular formula is C16H24N4. The average molecular weight is 272 g/mol. The van der Waals surface area contributed by atoms with Crippen molar-refractivity contribution in [3.63, 3.8) is 0 Å². The van der Waals surface area contributed by atoms with Crippen LogP contribution >= 0.6 is 0 Å². The molecule has 0 saturated heterocycles. The highest BCUT2D eigenvalue weighted by molar-refractivity contribution is 5.61. The van der Waals surface area contributed by atoms with Crippen molar-refractivity contribution >= 4 is 5.69 Å². The Morgan fingerprint density at radius 1 is 1.30 bits per heavy atom. The molecule has 1 saturated carbocycles. The third kappa shape index (κ3) is 2.51. The molecule has 2 rings (SSSR count). The molecule has 20 heavy (non-hydrogen) atoms. The number of aromatic nitrogens is 1. The van der Waals surface area contributed by atoms with E-state index in [1.165, 1.54) is 19.3 Å². The van der Waals surface area contributed by atoms with Crippen molar-refractivity contribution < 1.29 is 0 Å². The maximum Gasteiger partial charge on any atom is 0.103 e. The minimum atomic E-state index is 0.257. The molecular weight excluding hydrogens is 248 g/mol. The summed E-state index contributed by atoms with van der Waals surface area (Å²) in [5.41, 5.74) is 3.75. The van der Waals surface area contributed by atoms with Gasteiger partial charge in [-0.25, -0.2) is 0 Å². The van der Waals surface area contributed by atoms with Crippen molar-refractivity contribution in [2.75, 3.05) is 32.6 Å². The summed E-state index contributed by atoms with van der Waals surface area (Å²) in [6.07, 6.45) is 3.76. The van der Waals surface area contributed by atoms with Crippen LogP contribution in [0.2, 0.25) is 0 Å². The third-order valence-corrected chi connectivity index (χ3v) is 4.60. The summed E-state index contributed by atoms with van der Waals surface area (Å²) in [7, 11) is 6.39. The van der Waals surface area contributed by atoms with Crippen LogP contribution in [0.1, 0.15) is 36.2 Å². The van der Waals surface area contributed by atoms with Crippen molar-refractivity contribution in [2.45, 2.75) is 38.6 Å². The van der Waals surface area contributed by atoms with Crippen LogP contribution in [-0.2, 0) is 0 Å². The Bertz CT molecular complexity index is 538. The highest BCUT2D eigenvalue weighted by Crippen LogP contribution is 2.38. The van der Waals surface area contributed by atoms with Gasteiger partial charge in [0.15, 0.2) is 0 Å². The third-order valence-electron chi connectivity index (χ3n) is 4.60. The summed E-state index contributed by atoms with van der Waals surface area (Å²) in [6.45, 7) is 4.85. The molecule has 0 spiro atoms. The first kappa shape index (κ1) is 14.8. The van der Waals surface area contributed by atoms with E-state index in [0.717, 1.165) is 23.6 Å². The normalized spacial score (nSPS) is 16.6. The zero-order valence-corrected chi connectivity index (χ0v) is 13.2. The van der Waals surface area contributed by atoms with Gasteiger partial charge in [-0.1, -0.05) is 0 Å². The van der Waals surface area contributed by atoms with Crippen LogP contribution in [0, 0.1) is 25.2 Å². The minimum Gasteiger partial charge on any atom is -0.372 e. The second-order valence-corrected chi connectivity index (χ2v) is 6.18. The van der Waals surface area contributed by atoms with Gasteiger partial charge >= 0.3 is 0 Å². The molecule has 0 aliphatic heterocycles. The largest absolute Gasteiger partial charge is 0.372 e. The number of hydrogen-bond donors (Lipinski definition) is 0. The Morgan fingerprint density at radius 2 is 1.95 bits per heavy atom. The van der Waals surface area contributed by atoms with Crippen molar-refractivity contribution in [3.8, 4) is 6.07 Å². The van der Waals surface area contributed by atoms with Crippen LogP contribution < -0.4 is 4.90 Å². The summed E-state index contributed by atoms with van der Waals surface area (Å²) in [4.78, 5) is 8.95. The first-order chi connectivity index (χ1) is 9.39. The lowest BCUT2D eigenvalue weighted by molar-refractivity contribution is 0.0683. The van der Waals surface area contributed by atoms with Crippen molar-refractivity contribution in [1.82, 2.24) is 9.88 Å². The molecule has 108 valence electrons. The highest BCUT2D eigenvalue weighted by atomic mass is 15.2. The Morgan fingerprint density at radius 3 is 2.40 bits per heavy atom. The zero-order valence-electron chi connectivity index (χ0n) is 13.2. The van der Waals surface area contributed by atoms with Gasteiger partial charge in [0.05, 0.1) is 16.9 Å². The second-order valence-electron chi connectivity index (χ2n) is 6.18. The van der Waals surface area contributed by atoms with E-state index < -0.39 is 0 Å². The topological polar surface area (TPSA) is 43.2 Å². The number of rotatable bonds is 4. The quantitative estimate of drug-likeness (QED) is 0.844. The van der Waals surface area contributed by atoms with E-state index in [-0.39, 0.29) is 5.54 Å². The molecule has 4 heteroatoms. The summed E-state index contributed by atoms with van der Waals surface area (Å²) in [6, 6.07) is 4.33. The Labute approximate surface area is 122 Å². The Hall–Kier alpha value is -1.60. The van der Waals surface area contributed by atoms with Gasteiger partial charge in [-0.05, 0) is 53.3 Å². The van der Waals surface area contributed by atoms with Crippen LogP contribution in [0.15, 0.2) is 6.07 Å². The van der Waals surface area contributed by atoms with E-state index in [1.807, 2.05) is 19.9 Å². The fourth-order valence-electron chi connectivity index (χ4n) is 3.11. The van der Waals surface area contributed by atoms with Gasteiger partial charge in [-0.2, -0.15) is 5.26 Å². The number of hydrogen-bond acceptors (Lipinski definition) is 4. The number of anilines is 1. The monoisotopic (exact) mass is 272 g/mol. The first-order valence-electron chi connectivity index (χ1n) is 7.16. The first-order valence-corrected chi connectivity index (χ1v) is 7.16. The Balaban J connectivity index is 2.30. The van der Waals surface area contributed by atoms with Crippen molar-refractivity contribution in [3.05, 3.63) is 23.0 Å². The van der Waals surface area contributed by atoms with Crippen LogP contribution in [0.3, 0.4) is 0 Å². The van der Waals surface area contributed by atoms with E-state index >= 15 is 0 Å². The van der Waals surface area contributed by atoms with Gasteiger partial charge in [-0.15, -0.1) is 0 Å². The molecule has 0 amide bonds. The molecule has 1 fully saturated rings. The van der Waals surface area contributed by atoms with E-state index in [2.05, 4.69) is 42.0 Å². The van der Waals surface area contributed by atoms with Gasteiger partial charge in [0.2, 0.25) is 0 Å². The fraction of sp³-hybridized carbons (Fsp3) is 0.625. The summed E-state index contributed by atoms with van der Waals surface area (Å²) in [5.74, 6) is 0. The van der Waals surface area contributed by atoms with Gasteiger partial charge < -0.3 is 9.80 Å². The smallest absolute Gasteiger partial charge is 0.103 e. The van der Waals surface area contributed by atoms with Crippen molar-refractivity contribution in [2.24, 2.45) is 0 Å². The van der Waals surface area contributed by atoms with E-state index in [1.54, 1.807) is 0 Å². The highest BCUT2D eigenvalue weighted by Gasteiger charge is 2.40. The summed E-state index contributed by atoms with van der Waals surface area (Å²) < 4.78 is 0. The number of nitriles is 1. The minimum absolute atomic E-state index is 0.257. The molecule has 0 N–H and O–H groups in total. The van der Waals surface area contributed by atoms with Crippen molar-refractivity contribution in [1.29, 1.82) is 5.26 Å². The van der Waals surface area contributed by atoms with E-state index in [4.69, 9.17) is 0 Å². The predicted octanol–water partition coefficient (Wildman–Crippen LogP) is 2.49. The van der Waals surface area contributed by atoms with Crippen LogP contribution in [-0.4, -0.2) is 43.1 Å². The lowest BCUT2D eigenvalue weighted by atomic mass is 9.75. The van der Waals surface area contributed by atoms with Crippen LogP contribution in [0.5, 0.6) is 0 Å². The molecule has 1 heterocycles. The molecule has 0 radical (unpaired) electrons. The lowest BCUT2D eigenvalue weighted by Crippen LogP contribution is -2.56. The maximum absolute atomic E-state index is 9.39. The number of likely N-dealkylation sites (N-methyl/N-ethyl adjacent to an activating group) is 2. The molecule has 1 aliphatic carbocycles. The standard InChI is InChI=1S/C16H24N4/c1-12-9-15(14(10-17)13(2)18-12)20(5)11-16(19(3)4)7-6-8-16/h9H,6-8,11H2,1-5H3. The number of aryl methyl sites for hydroxylation is 2. The molecule has 0 atom stereocenters. The molecule has 0 aromatic carbocycles. The summed E-state index contributed by atoms with van der Waals surface area (Å²) in [5, 5.41) is 9.39. The molecule has 1 aromatic rings. The SMILES string of the molecule is Cc1cc(N(C)CC2(N(C)C)CCC2)c(C#N)c(C)n1. The van der Waals surface area contributed by atoms with Gasteiger partial charge in [0.25, 0.3) is 0 Å². The molecule has 0 unspecified atom stereocenters. The van der Waals surface area contributed by atoms with Gasteiger partial charge in [0.1, 0.15) is 6.07 Å². The molecule has 1 aromatic heterocycles. The molecule has 0 bridgehead atoms. The molecule has 1 aliphatic rings. The number of pyridine rings is 1. The van der Waals surface area contributed by atoms with Gasteiger partial charge in [0, 0.05) is 24.8 Å². The van der Waals surface area contributed by atoms with Crippen LogP contribution in [0.25, 0.3) is 0 Å². The lowest BCUT2D eigenvalue weighted by Gasteiger charge is -2.49. The second kappa shape index (κ2) is 5.41. The summed E-state index contributed by atoms with van der Waals surface area (Å²) >= 11 is 0. The Kier molecular flexibility index (Phi) is 4.01.